The van der Waals surface area contributed by atoms with Crippen LogP contribution < -0.4 is 9.64 Å². The summed E-state index contributed by atoms with van der Waals surface area (Å²) in [6.07, 6.45) is 0. The van der Waals surface area contributed by atoms with Crippen LogP contribution in [0.2, 0.25) is 5.02 Å². The van der Waals surface area contributed by atoms with Crippen molar-refractivity contribution in [3.63, 3.8) is 0 Å². The number of benzene rings is 3. The van der Waals surface area contributed by atoms with E-state index in [-0.39, 0.29) is 11.3 Å². The van der Waals surface area contributed by atoms with Crippen molar-refractivity contribution in [2.24, 2.45) is 0 Å². The number of amides is 1. The highest BCUT2D eigenvalue weighted by Gasteiger charge is 2.48. The van der Waals surface area contributed by atoms with Gasteiger partial charge in [-0.2, -0.15) is 0 Å². The molecule has 164 valence electrons. The summed E-state index contributed by atoms with van der Waals surface area (Å²) in [7, 11) is 1.54. The summed E-state index contributed by atoms with van der Waals surface area (Å²) in [5.74, 6) is -1.16. The first-order valence-corrected chi connectivity index (χ1v) is 11.2. The van der Waals surface area contributed by atoms with E-state index in [2.05, 4.69) is 4.98 Å². The molecule has 1 N–H and O–H groups in total. The van der Waals surface area contributed by atoms with Gasteiger partial charge in [-0.1, -0.05) is 53.3 Å². The number of nitrogens with zero attached hydrogens (tertiary/aromatic N) is 2. The van der Waals surface area contributed by atoms with Gasteiger partial charge in [0.05, 0.1) is 28.9 Å². The summed E-state index contributed by atoms with van der Waals surface area (Å²) in [5, 5.41) is 12.1. The Bertz CT molecular complexity index is 1410. The summed E-state index contributed by atoms with van der Waals surface area (Å²) in [6.45, 7) is 0. The minimum absolute atomic E-state index is 0.00801. The Morgan fingerprint density at radius 1 is 1.06 bits per heavy atom. The van der Waals surface area contributed by atoms with Gasteiger partial charge in [0.15, 0.2) is 5.13 Å². The van der Waals surface area contributed by atoms with E-state index in [1.807, 2.05) is 30.3 Å². The smallest absolute Gasteiger partial charge is 0.301 e. The van der Waals surface area contributed by atoms with Crippen LogP contribution in [0.1, 0.15) is 17.2 Å². The number of Topliss-reactive ketones (excluding diaryl/α,β-unsaturated/α-hetero) is 1. The zero-order chi connectivity index (χ0) is 23.1. The van der Waals surface area contributed by atoms with Crippen LogP contribution in [0, 0.1) is 0 Å². The summed E-state index contributed by atoms with van der Waals surface area (Å²) in [4.78, 5) is 32.4. The molecule has 8 heteroatoms. The standard InChI is InChI=1S/C25H17ClN2O4S/c1-32-17-10-7-15(8-11-17)22(29)20-21(14-5-3-2-4-6-14)28(24(31)23(20)30)25-27-18-12-9-16(26)13-19(18)33-25/h2-13,21,29H,1H3. The molecule has 6 nitrogen and oxygen atoms in total. The number of ketones is 1. The van der Waals surface area contributed by atoms with Gasteiger partial charge in [-0.15, -0.1) is 0 Å². The van der Waals surface area contributed by atoms with Crippen LogP contribution in [0.4, 0.5) is 5.13 Å². The third kappa shape index (κ3) is 3.65. The fourth-order valence-electron chi connectivity index (χ4n) is 3.87. The highest BCUT2D eigenvalue weighted by Crippen LogP contribution is 2.44. The number of thiazole rings is 1. The van der Waals surface area contributed by atoms with Crippen LogP contribution >= 0.6 is 22.9 Å². The number of aromatic nitrogens is 1. The quantitative estimate of drug-likeness (QED) is 0.236. The molecule has 0 radical (unpaired) electrons. The number of aliphatic hydroxyl groups excluding tert-OH is 1. The maximum absolute atomic E-state index is 13.2. The Kier molecular flexibility index (Phi) is 5.36. The molecule has 1 atom stereocenters. The van der Waals surface area contributed by atoms with Crippen molar-refractivity contribution in [3.8, 4) is 5.75 Å². The van der Waals surface area contributed by atoms with E-state index in [1.165, 1.54) is 16.2 Å². The minimum atomic E-state index is -0.829. The van der Waals surface area contributed by atoms with E-state index < -0.39 is 17.7 Å². The van der Waals surface area contributed by atoms with Gasteiger partial charge in [-0.3, -0.25) is 14.5 Å². The molecule has 1 aliphatic rings. The van der Waals surface area contributed by atoms with Crippen LogP contribution in [0.3, 0.4) is 0 Å². The molecule has 1 aromatic heterocycles. The Morgan fingerprint density at radius 2 is 1.79 bits per heavy atom. The lowest BCUT2D eigenvalue weighted by atomic mass is 9.95. The Morgan fingerprint density at radius 3 is 2.48 bits per heavy atom. The molecule has 5 rings (SSSR count). The van der Waals surface area contributed by atoms with Crippen molar-refractivity contribution in [2.45, 2.75) is 6.04 Å². The first-order chi connectivity index (χ1) is 16.0. The molecule has 0 saturated carbocycles. The molecule has 1 amide bonds. The summed E-state index contributed by atoms with van der Waals surface area (Å²) in [6, 6.07) is 20.2. The van der Waals surface area contributed by atoms with E-state index in [0.29, 0.717) is 32.5 Å². The van der Waals surface area contributed by atoms with Crippen LogP contribution in [0.5, 0.6) is 5.75 Å². The number of methoxy groups -OCH3 is 1. The lowest BCUT2D eigenvalue weighted by Crippen LogP contribution is -2.29. The first kappa shape index (κ1) is 21.2. The zero-order valence-corrected chi connectivity index (χ0v) is 18.9. The van der Waals surface area contributed by atoms with Crippen molar-refractivity contribution in [2.75, 3.05) is 12.0 Å². The summed E-state index contributed by atoms with van der Waals surface area (Å²) in [5.41, 5.74) is 1.77. The number of hydrogen-bond acceptors (Lipinski definition) is 6. The number of hydrogen-bond donors (Lipinski definition) is 1. The largest absolute Gasteiger partial charge is 0.507 e. The number of ether oxygens (including phenoxy) is 1. The lowest BCUT2D eigenvalue weighted by molar-refractivity contribution is -0.132. The van der Waals surface area contributed by atoms with Crippen LogP contribution in [0.15, 0.2) is 78.4 Å². The van der Waals surface area contributed by atoms with Gasteiger partial charge in [-0.25, -0.2) is 4.98 Å². The van der Waals surface area contributed by atoms with Crippen LogP contribution in [0.25, 0.3) is 16.0 Å². The maximum atomic E-state index is 13.2. The van der Waals surface area contributed by atoms with E-state index in [0.717, 1.165) is 4.70 Å². The van der Waals surface area contributed by atoms with Crippen molar-refractivity contribution < 1.29 is 19.4 Å². The lowest BCUT2D eigenvalue weighted by Gasteiger charge is -2.22. The average molecular weight is 477 g/mol. The van der Waals surface area contributed by atoms with Gasteiger partial charge < -0.3 is 9.84 Å². The molecular formula is C25H17ClN2O4S. The third-order valence-electron chi connectivity index (χ3n) is 5.47. The molecule has 4 aromatic rings. The molecule has 0 bridgehead atoms. The van der Waals surface area contributed by atoms with Gasteiger partial charge in [0.2, 0.25) is 0 Å². The topological polar surface area (TPSA) is 79.7 Å². The highest BCUT2D eigenvalue weighted by molar-refractivity contribution is 7.22. The van der Waals surface area contributed by atoms with E-state index in [4.69, 9.17) is 16.3 Å². The summed E-state index contributed by atoms with van der Waals surface area (Å²) >= 11 is 7.38. The van der Waals surface area contributed by atoms with Gasteiger partial charge in [-0.05, 0) is 48.0 Å². The highest BCUT2D eigenvalue weighted by atomic mass is 35.5. The van der Waals surface area contributed by atoms with Gasteiger partial charge >= 0.3 is 5.91 Å². The molecule has 1 fully saturated rings. The van der Waals surface area contributed by atoms with Crippen molar-refractivity contribution in [1.29, 1.82) is 0 Å². The van der Waals surface area contributed by atoms with E-state index in [9.17, 15) is 14.7 Å². The molecule has 1 saturated heterocycles. The SMILES string of the molecule is COc1ccc(C(O)=C2C(=O)C(=O)N(c3nc4ccc(Cl)cc4s3)C2c2ccccc2)cc1. The Labute approximate surface area is 198 Å². The number of carbonyl (C=O) groups excluding carboxylic acids is 2. The Balaban J connectivity index is 1.70. The van der Waals surface area contributed by atoms with Crippen molar-refractivity contribution in [1.82, 2.24) is 4.98 Å². The van der Waals surface area contributed by atoms with Gasteiger partial charge in [0, 0.05) is 10.6 Å². The molecule has 0 spiro atoms. The predicted molar refractivity (Wildman–Crippen MR) is 129 cm³/mol. The fourth-order valence-corrected chi connectivity index (χ4v) is 5.14. The van der Waals surface area contributed by atoms with Crippen LogP contribution in [-0.2, 0) is 9.59 Å². The Hall–Kier alpha value is -3.68. The maximum Gasteiger partial charge on any atom is 0.301 e. The second-order valence-corrected chi connectivity index (χ2v) is 8.86. The van der Waals surface area contributed by atoms with Gasteiger partial charge in [0.1, 0.15) is 11.5 Å². The first-order valence-electron chi connectivity index (χ1n) is 10.0. The van der Waals surface area contributed by atoms with E-state index in [1.54, 1.807) is 49.6 Å². The fraction of sp³-hybridized carbons (Fsp3) is 0.0800. The number of anilines is 1. The van der Waals surface area contributed by atoms with Gasteiger partial charge in [0.25, 0.3) is 5.78 Å². The van der Waals surface area contributed by atoms with E-state index >= 15 is 0 Å². The molecule has 3 aromatic carbocycles. The number of aliphatic hydroxyl groups is 1. The molecule has 0 aliphatic carbocycles. The second kappa shape index (κ2) is 8.35. The monoisotopic (exact) mass is 476 g/mol. The second-order valence-electron chi connectivity index (χ2n) is 7.42. The van der Waals surface area contributed by atoms with Crippen molar-refractivity contribution >= 4 is 55.7 Å². The van der Waals surface area contributed by atoms with Crippen LogP contribution in [-0.4, -0.2) is 28.9 Å². The number of halogens is 1. The third-order valence-corrected chi connectivity index (χ3v) is 6.72. The molecule has 33 heavy (non-hydrogen) atoms. The molecule has 2 heterocycles. The molecule has 1 aliphatic heterocycles. The zero-order valence-electron chi connectivity index (χ0n) is 17.4. The average Bonchev–Trinajstić information content (AvgIpc) is 3.37. The van der Waals surface area contributed by atoms with Crippen molar-refractivity contribution in [3.05, 3.63) is 94.5 Å². The minimum Gasteiger partial charge on any atom is -0.507 e. The number of rotatable bonds is 4. The molecule has 1 unspecified atom stereocenters. The number of carbonyl (C=O) groups is 2. The predicted octanol–water partition coefficient (Wildman–Crippen LogP) is 5.58. The normalized spacial score (nSPS) is 17.6. The molecular weight excluding hydrogens is 460 g/mol. The summed E-state index contributed by atoms with van der Waals surface area (Å²) < 4.78 is 5.96. The number of fused-ring (bicyclic) bond motifs is 1.